The van der Waals surface area contributed by atoms with Gasteiger partial charge in [0.25, 0.3) is 0 Å². The third kappa shape index (κ3) is 2.56. The van der Waals surface area contributed by atoms with Crippen molar-refractivity contribution >= 4 is 5.97 Å². The van der Waals surface area contributed by atoms with Gasteiger partial charge >= 0.3 is 5.97 Å². The normalized spacial score (nSPS) is 23.7. The molecule has 0 spiro atoms. The van der Waals surface area contributed by atoms with E-state index in [1.54, 1.807) is 0 Å². The van der Waals surface area contributed by atoms with E-state index >= 15 is 0 Å². The average Bonchev–Trinajstić information content (AvgIpc) is 2.72. The van der Waals surface area contributed by atoms with Crippen LogP contribution in [-0.2, 0) is 14.3 Å². The largest absolute Gasteiger partial charge is 0.469 e. The summed E-state index contributed by atoms with van der Waals surface area (Å²) in [5.41, 5.74) is 2.05. The fraction of sp³-hybridized carbons (Fsp3) is 0.357. The Labute approximate surface area is 101 Å². The lowest BCUT2D eigenvalue weighted by atomic mass is 9.90. The van der Waals surface area contributed by atoms with Gasteiger partial charge in [-0.1, -0.05) is 36.9 Å². The summed E-state index contributed by atoms with van der Waals surface area (Å²) in [7, 11) is 1.40. The first-order chi connectivity index (χ1) is 8.22. The van der Waals surface area contributed by atoms with Crippen LogP contribution in [0.25, 0.3) is 0 Å². The van der Waals surface area contributed by atoms with Crippen LogP contribution in [0.5, 0.6) is 0 Å². The van der Waals surface area contributed by atoms with Gasteiger partial charge < -0.3 is 9.47 Å². The lowest BCUT2D eigenvalue weighted by molar-refractivity contribution is -0.142. The molecule has 1 saturated heterocycles. The van der Waals surface area contributed by atoms with Gasteiger partial charge in [-0.25, -0.2) is 0 Å². The number of methoxy groups -OCH3 is 1. The summed E-state index contributed by atoms with van der Waals surface area (Å²) in [6.07, 6.45) is 0.248. The Morgan fingerprint density at radius 3 is 2.82 bits per heavy atom. The number of esters is 1. The molecular weight excluding hydrogens is 216 g/mol. The molecule has 1 aliphatic rings. The summed E-state index contributed by atoms with van der Waals surface area (Å²) in [4.78, 5) is 11.4. The van der Waals surface area contributed by atoms with Gasteiger partial charge in [-0.2, -0.15) is 0 Å². The smallest absolute Gasteiger partial charge is 0.306 e. The molecule has 1 aromatic carbocycles. The van der Waals surface area contributed by atoms with Crippen LogP contribution in [0, 0.1) is 5.92 Å². The van der Waals surface area contributed by atoms with E-state index in [1.165, 1.54) is 7.11 Å². The molecule has 3 heteroatoms. The highest BCUT2D eigenvalue weighted by atomic mass is 16.5. The fourth-order valence-corrected chi connectivity index (χ4v) is 2.12. The summed E-state index contributed by atoms with van der Waals surface area (Å²) in [5.74, 6) is -0.201. The van der Waals surface area contributed by atoms with Gasteiger partial charge in [0.1, 0.15) is 0 Å². The van der Waals surface area contributed by atoms with Crippen molar-refractivity contribution in [2.24, 2.45) is 5.92 Å². The lowest BCUT2D eigenvalue weighted by Crippen LogP contribution is -2.14. The molecule has 0 bridgehead atoms. The van der Waals surface area contributed by atoms with E-state index in [9.17, 15) is 4.79 Å². The zero-order chi connectivity index (χ0) is 12.3. The highest BCUT2D eigenvalue weighted by Gasteiger charge is 2.34. The summed E-state index contributed by atoms with van der Waals surface area (Å²) in [6, 6.07) is 9.91. The third-order valence-corrected chi connectivity index (χ3v) is 3.08. The number of rotatable bonds is 3. The molecule has 1 fully saturated rings. The Morgan fingerprint density at radius 2 is 2.18 bits per heavy atom. The maximum absolute atomic E-state index is 11.4. The fourth-order valence-electron chi connectivity index (χ4n) is 2.12. The second kappa shape index (κ2) is 5.15. The molecule has 0 saturated carbocycles. The molecule has 17 heavy (non-hydrogen) atoms. The van der Waals surface area contributed by atoms with Gasteiger partial charge in [0, 0.05) is 5.92 Å². The minimum Gasteiger partial charge on any atom is -0.469 e. The SMILES string of the molecule is C=C1CO[C@H](c2ccccc2)[C@H]1CC(=O)OC. The second-order valence-corrected chi connectivity index (χ2v) is 4.19. The first kappa shape index (κ1) is 11.9. The Morgan fingerprint density at radius 1 is 1.47 bits per heavy atom. The highest BCUT2D eigenvalue weighted by molar-refractivity contribution is 5.70. The molecular formula is C14H16O3. The van der Waals surface area contributed by atoms with Gasteiger partial charge in [-0.05, 0) is 11.1 Å². The van der Waals surface area contributed by atoms with E-state index < -0.39 is 0 Å². The molecule has 0 aliphatic carbocycles. The highest BCUT2D eigenvalue weighted by Crippen LogP contribution is 2.39. The van der Waals surface area contributed by atoms with E-state index in [2.05, 4.69) is 6.58 Å². The van der Waals surface area contributed by atoms with Crippen molar-refractivity contribution in [2.75, 3.05) is 13.7 Å². The Kier molecular flexibility index (Phi) is 3.59. The maximum atomic E-state index is 11.4. The molecule has 0 radical (unpaired) electrons. The zero-order valence-corrected chi connectivity index (χ0v) is 9.89. The summed E-state index contributed by atoms with van der Waals surface area (Å²) >= 11 is 0. The molecule has 2 atom stereocenters. The van der Waals surface area contributed by atoms with Crippen molar-refractivity contribution in [1.82, 2.24) is 0 Å². The van der Waals surface area contributed by atoms with E-state index in [-0.39, 0.29) is 18.0 Å². The zero-order valence-electron chi connectivity index (χ0n) is 9.89. The number of hydrogen-bond donors (Lipinski definition) is 0. The van der Waals surface area contributed by atoms with Crippen LogP contribution in [0.2, 0.25) is 0 Å². The Hall–Kier alpha value is -1.61. The predicted octanol–water partition coefficient (Wildman–Crippen LogP) is 2.49. The quantitative estimate of drug-likeness (QED) is 0.593. The Bertz CT molecular complexity index is 411. The van der Waals surface area contributed by atoms with E-state index in [0.29, 0.717) is 13.0 Å². The van der Waals surface area contributed by atoms with Gasteiger partial charge in [-0.3, -0.25) is 4.79 Å². The average molecular weight is 232 g/mol. The van der Waals surface area contributed by atoms with Gasteiger partial charge in [-0.15, -0.1) is 0 Å². The number of carbonyl (C=O) groups excluding carboxylic acids is 1. The number of benzene rings is 1. The molecule has 1 aromatic rings. The van der Waals surface area contributed by atoms with Gasteiger partial charge in [0.2, 0.25) is 0 Å². The molecule has 0 amide bonds. The monoisotopic (exact) mass is 232 g/mol. The van der Waals surface area contributed by atoms with Crippen LogP contribution in [0.15, 0.2) is 42.5 Å². The first-order valence-electron chi connectivity index (χ1n) is 5.63. The van der Waals surface area contributed by atoms with Crippen LogP contribution in [0.3, 0.4) is 0 Å². The minimum absolute atomic E-state index is 0.0184. The van der Waals surface area contributed by atoms with E-state index in [1.807, 2.05) is 30.3 Å². The molecule has 1 aliphatic heterocycles. The third-order valence-electron chi connectivity index (χ3n) is 3.08. The summed E-state index contributed by atoms with van der Waals surface area (Å²) < 4.78 is 10.4. The van der Waals surface area contributed by atoms with Gasteiger partial charge in [0.05, 0.1) is 26.2 Å². The van der Waals surface area contributed by atoms with Crippen LogP contribution in [-0.4, -0.2) is 19.7 Å². The molecule has 90 valence electrons. The van der Waals surface area contributed by atoms with Crippen LogP contribution in [0.1, 0.15) is 18.1 Å². The topological polar surface area (TPSA) is 35.5 Å². The van der Waals surface area contributed by atoms with Crippen molar-refractivity contribution < 1.29 is 14.3 Å². The molecule has 0 aromatic heterocycles. The summed E-state index contributed by atoms with van der Waals surface area (Å²) in [5, 5.41) is 0. The van der Waals surface area contributed by atoms with Crippen molar-refractivity contribution in [3.8, 4) is 0 Å². The minimum atomic E-state index is -0.220. The summed E-state index contributed by atoms with van der Waals surface area (Å²) in [6.45, 7) is 4.48. The molecule has 1 heterocycles. The van der Waals surface area contributed by atoms with E-state index in [4.69, 9.17) is 9.47 Å². The van der Waals surface area contributed by atoms with Crippen molar-refractivity contribution in [2.45, 2.75) is 12.5 Å². The van der Waals surface area contributed by atoms with Crippen molar-refractivity contribution in [3.63, 3.8) is 0 Å². The van der Waals surface area contributed by atoms with Crippen LogP contribution in [0.4, 0.5) is 0 Å². The lowest BCUT2D eigenvalue weighted by Gasteiger charge is -2.18. The second-order valence-electron chi connectivity index (χ2n) is 4.19. The maximum Gasteiger partial charge on any atom is 0.306 e. The Balaban J connectivity index is 2.16. The van der Waals surface area contributed by atoms with Gasteiger partial charge in [0.15, 0.2) is 0 Å². The van der Waals surface area contributed by atoms with Crippen LogP contribution >= 0.6 is 0 Å². The number of carbonyl (C=O) groups is 1. The van der Waals surface area contributed by atoms with E-state index in [0.717, 1.165) is 11.1 Å². The van der Waals surface area contributed by atoms with Crippen molar-refractivity contribution in [1.29, 1.82) is 0 Å². The number of hydrogen-bond acceptors (Lipinski definition) is 3. The number of ether oxygens (including phenoxy) is 2. The first-order valence-corrected chi connectivity index (χ1v) is 5.63. The molecule has 3 nitrogen and oxygen atoms in total. The molecule has 0 unspecified atom stereocenters. The molecule has 2 rings (SSSR count). The predicted molar refractivity (Wildman–Crippen MR) is 64.4 cm³/mol. The van der Waals surface area contributed by atoms with Crippen LogP contribution < -0.4 is 0 Å². The standard InChI is InChI=1S/C14H16O3/c1-10-9-17-14(11-6-4-3-5-7-11)12(10)8-13(15)16-2/h3-7,12,14H,1,8-9H2,2H3/t12-,14+/m0/s1. The van der Waals surface area contributed by atoms with Crippen molar-refractivity contribution in [3.05, 3.63) is 48.0 Å². The molecule has 0 N–H and O–H groups in total.